The molecule has 3 rings (SSSR count). The number of aryl methyl sites for hydroxylation is 2. The van der Waals surface area contributed by atoms with Crippen LogP contribution in [-0.4, -0.2) is 48.3 Å². The van der Waals surface area contributed by atoms with Gasteiger partial charge in [-0.2, -0.15) is 0 Å². The minimum atomic E-state index is -0.531. The van der Waals surface area contributed by atoms with E-state index in [1.54, 1.807) is 6.20 Å². The van der Waals surface area contributed by atoms with E-state index in [4.69, 9.17) is 9.47 Å². The number of carbonyl (C=O) groups excluding carboxylic acids is 2. The summed E-state index contributed by atoms with van der Waals surface area (Å²) in [6.45, 7) is 4.60. The fraction of sp³-hybridized carbons (Fsp3) is 0.400. The highest BCUT2D eigenvalue weighted by Crippen LogP contribution is 2.33. The second-order valence-corrected chi connectivity index (χ2v) is 7.99. The van der Waals surface area contributed by atoms with Crippen molar-refractivity contribution >= 4 is 34.3 Å². The van der Waals surface area contributed by atoms with Crippen LogP contribution in [0.1, 0.15) is 42.7 Å². The van der Waals surface area contributed by atoms with E-state index in [0.717, 1.165) is 24.9 Å². The molecule has 0 fully saturated rings. The number of nitrogens with zero attached hydrogens (tertiary/aromatic N) is 2. The Bertz CT molecular complexity index is 1090. The molecule has 8 nitrogen and oxygen atoms in total. The van der Waals surface area contributed by atoms with Crippen molar-refractivity contribution in [1.29, 1.82) is 0 Å². The van der Waals surface area contributed by atoms with Gasteiger partial charge in [-0.05, 0) is 37.8 Å². The maximum absolute atomic E-state index is 12.8. The largest absolute Gasteiger partial charge is 0.464 e. The molecular formula is C25H32N4O4. The van der Waals surface area contributed by atoms with Gasteiger partial charge in [-0.15, -0.1) is 0 Å². The van der Waals surface area contributed by atoms with Crippen molar-refractivity contribution in [2.24, 2.45) is 0 Å². The molecule has 0 aliphatic carbocycles. The van der Waals surface area contributed by atoms with E-state index in [0.29, 0.717) is 23.3 Å². The van der Waals surface area contributed by atoms with Gasteiger partial charge in [0.2, 0.25) is 5.91 Å². The summed E-state index contributed by atoms with van der Waals surface area (Å²) in [4.78, 5) is 29.9. The van der Waals surface area contributed by atoms with E-state index in [-0.39, 0.29) is 24.2 Å². The molecule has 33 heavy (non-hydrogen) atoms. The molecule has 0 saturated carbocycles. The molecule has 2 aromatic heterocycles. The summed E-state index contributed by atoms with van der Waals surface area (Å²) in [5.41, 5.74) is 3.31. The number of pyridine rings is 1. The molecule has 0 aliphatic heterocycles. The van der Waals surface area contributed by atoms with Crippen molar-refractivity contribution in [3.05, 3.63) is 53.9 Å². The van der Waals surface area contributed by atoms with Gasteiger partial charge in [-0.25, -0.2) is 9.78 Å². The van der Waals surface area contributed by atoms with Gasteiger partial charge in [-0.3, -0.25) is 4.79 Å². The first-order valence-electron chi connectivity index (χ1n) is 11.2. The van der Waals surface area contributed by atoms with Crippen LogP contribution in [-0.2, 0) is 27.2 Å². The van der Waals surface area contributed by atoms with Crippen molar-refractivity contribution in [2.45, 2.75) is 45.7 Å². The highest BCUT2D eigenvalue weighted by Gasteiger charge is 2.26. The van der Waals surface area contributed by atoms with Gasteiger partial charge in [0.15, 0.2) is 5.69 Å². The van der Waals surface area contributed by atoms with Crippen LogP contribution in [0.2, 0.25) is 0 Å². The van der Waals surface area contributed by atoms with Crippen LogP contribution in [0.25, 0.3) is 11.0 Å². The number of nitrogens with one attached hydrogen (secondary N) is 2. The molecule has 0 aliphatic rings. The molecule has 0 unspecified atom stereocenters. The number of benzene rings is 1. The number of hydrogen-bond acceptors (Lipinski definition) is 6. The number of anilines is 2. The number of amides is 1. The Morgan fingerprint density at radius 1 is 1.18 bits per heavy atom. The molecule has 1 amide bonds. The number of rotatable bonds is 11. The van der Waals surface area contributed by atoms with Gasteiger partial charge in [0, 0.05) is 25.1 Å². The van der Waals surface area contributed by atoms with Crippen LogP contribution < -0.4 is 10.6 Å². The van der Waals surface area contributed by atoms with E-state index in [9.17, 15) is 9.59 Å². The topological polar surface area (TPSA) is 94.5 Å². The second kappa shape index (κ2) is 11.5. The molecule has 3 aromatic rings. The van der Waals surface area contributed by atoms with Crippen LogP contribution in [0.3, 0.4) is 0 Å². The third-order valence-electron chi connectivity index (χ3n) is 5.53. The SMILES string of the molecule is CC[C@@H](C)Nc1cnc2c(c1)c(NC(=O)COC)c(C(=O)OC)n2CCCc1ccccc1. The summed E-state index contributed by atoms with van der Waals surface area (Å²) >= 11 is 0. The number of ether oxygens (including phenoxy) is 2. The van der Waals surface area contributed by atoms with Gasteiger partial charge in [0.25, 0.3) is 0 Å². The monoisotopic (exact) mass is 452 g/mol. The molecule has 176 valence electrons. The van der Waals surface area contributed by atoms with Crippen molar-refractivity contribution in [3.63, 3.8) is 0 Å². The smallest absolute Gasteiger partial charge is 0.356 e. The van der Waals surface area contributed by atoms with E-state index < -0.39 is 5.97 Å². The Kier molecular flexibility index (Phi) is 8.43. The Labute approximate surface area is 194 Å². The lowest BCUT2D eigenvalue weighted by molar-refractivity contribution is -0.119. The lowest BCUT2D eigenvalue weighted by atomic mass is 10.1. The molecule has 1 atom stereocenters. The lowest BCUT2D eigenvalue weighted by Gasteiger charge is -2.13. The summed E-state index contributed by atoms with van der Waals surface area (Å²) in [6, 6.07) is 12.3. The molecule has 0 radical (unpaired) electrons. The van der Waals surface area contributed by atoms with Crippen molar-refractivity contribution in [1.82, 2.24) is 9.55 Å². The van der Waals surface area contributed by atoms with E-state index in [1.807, 2.05) is 28.8 Å². The maximum Gasteiger partial charge on any atom is 0.356 e. The average molecular weight is 453 g/mol. The third-order valence-corrected chi connectivity index (χ3v) is 5.53. The molecule has 0 spiro atoms. The minimum Gasteiger partial charge on any atom is -0.464 e. The number of carbonyl (C=O) groups is 2. The first kappa shape index (κ1) is 24.3. The quantitative estimate of drug-likeness (QED) is 0.423. The number of hydrogen-bond donors (Lipinski definition) is 2. The predicted molar refractivity (Wildman–Crippen MR) is 130 cm³/mol. The Balaban J connectivity index is 2.05. The summed E-state index contributed by atoms with van der Waals surface area (Å²) in [6.07, 6.45) is 4.34. The first-order chi connectivity index (χ1) is 16.0. The van der Waals surface area contributed by atoms with E-state index in [1.165, 1.54) is 19.8 Å². The van der Waals surface area contributed by atoms with Crippen molar-refractivity contribution in [2.75, 3.05) is 31.5 Å². The number of methoxy groups -OCH3 is 2. The Morgan fingerprint density at radius 3 is 2.61 bits per heavy atom. The van der Waals surface area contributed by atoms with Crippen LogP contribution in [0.5, 0.6) is 0 Å². The standard InChI is InChI=1S/C25H32N4O4/c1-5-17(2)27-19-14-20-22(28-21(30)16-32-3)23(25(31)33-4)29(24(20)26-15-19)13-9-12-18-10-7-6-8-11-18/h6-8,10-11,14-15,17,27H,5,9,12-13,16H2,1-4H3,(H,28,30)/t17-/m1/s1. The third kappa shape index (κ3) is 5.90. The fourth-order valence-corrected chi connectivity index (χ4v) is 3.74. The molecule has 0 saturated heterocycles. The number of esters is 1. The zero-order chi connectivity index (χ0) is 23.8. The molecule has 2 heterocycles. The molecule has 0 bridgehead atoms. The van der Waals surface area contributed by atoms with Gasteiger partial charge >= 0.3 is 5.97 Å². The summed E-state index contributed by atoms with van der Waals surface area (Å²) < 4.78 is 11.9. The summed E-state index contributed by atoms with van der Waals surface area (Å²) in [5.74, 6) is -0.886. The van der Waals surface area contributed by atoms with Gasteiger partial charge in [0.05, 0.1) is 24.7 Å². The van der Waals surface area contributed by atoms with Crippen LogP contribution in [0.4, 0.5) is 11.4 Å². The van der Waals surface area contributed by atoms with Gasteiger partial charge in [0.1, 0.15) is 12.3 Å². The van der Waals surface area contributed by atoms with Crippen LogP contribution in [0.15, 0.2) is 42.6 Å². The molecule has 2 N–H and O–H groups in total. The Morgan fingerprint density at radius 2 is 1.94 bits per heavy atom. The summed E-state index contributed by atoms with van der Waals surface area (Å²) in [5, 5.41) is 6.91. The highest BCUT2D eigenvalue weighted by molar-refractivity contribution is 6.11. The van der Waals surface area contributed by atoms with Crippen molar-refractivity contribution < 1.29 is 19.1 Å². The van der Waals surface area contributed by atoms with E-state index in [2.05, 4.69) is 41.6 Å². The van der Waals surface area contributed by atoms with Crippen molar-refractivity contribution in [3.8, 4) is 0 Å². The predicted octanol–water partition coefficient (Wildman–Crippen LogP) is 4.25. The summed E-state index contributed by atoms with van der Waals surface area (Å²) in [7, 11) is 2.78. The van der Waals surface area contributed by atoms with Crippen LogP contribution >= 0.6 is 0 Å². The zero-order valence-electron chi connectivity index (χ0n) is 19.7. The number of fused-ring (bicyclic) bond motifs is 1. The zero-order valence-corrected chi connectivity index (χ0v) is 19.7. The minimum absolute atomic E-state index is 0.125. The van der Waals surface area contributed by atoms with E-state index >= 15 is 0 Å². The first-order valence-corrected chi connectivity index (χ1v) is 11.2. The molecular weight excluding hydrogens is 420 g/mol. The molecule has 1 aromatic carbocycles. The molecule has 8 heteroatoms. The maximum atomic E-state index is 12.8. The highest BCUT2D eigenvalue weighted by atomic mass is 16.5. The second-order valence-electron chi connectivity index (χ2n) is 7.99. The Hall–Kier alpha value is -3.39. The number of aromatic nitrogens is 2. The van der Waals surface area contributed by atoms with Crippen LogP contribution in [0, 0.1) is 0 Å². The lowest BCUT2D eigenvalue weighted by Crippen LogP contribution is -2.20. The fourth-order valence-electron chi connectivity index (χ4n) is 3.74. The van der Waals surface area contributed by atoms with Gasteiger partial charge < -0.3 is 24.7 Å². The van der Waals surface area contributed by atoms with Gasteiger partial charge in [-0.1, -0.05) is 37.3 Å². The normalized spacial score (nSPS) is 11.9. The average Bonchev–Trinajstić information content (AvgIpc) is 3.11.